The second-order valence-electron chi connectivity index (χ2n) is 11.1. The highest BCUT2D eigenvalue weighted by molar-refractivity contribution is 5.80. The maximum absolute atomic E-state index is 12.7. The number of esters is 2. The molecule has 0 heterocycles. The van der Waals surface area contributed by atoms with Crippen LogP contribution in [0.4, 0.5) is 0 Å². The lowest BCUT2D eigenvalue weighted by Crippen LogP contribution is -2.80. The van der Waals surface area contributed by atoms with E-state index < -0.39 is 64.1 Å². The first kappa shape index (κ1) is 24.4. The van der Waals surface area contributed by atoms with Crippen LogP contribution in [0.2, 0.25) is 0 Å². The third-order valence-electron chi connectivity index (χ3n) is 9.48. The van der Waals surface area contributed by atoms with Gasteiger partial charge >= 0.3 is 11.9 Å². The molecule has 3 fully saturated rings. The lowest BCUT2D eigenvalue weighted by atomic mass is 9.42. The average Bonchev–Trinajstić information content (AvgIpc) is 2.99. The minimum absolute atomic E-state index is 0.0938. The van der Waals surface area contributed by atoms with Gasteiger partial charge in [-0.3, -0.25) is 14.4 Å². The molecule has 9 unspecified atom stereocenters. The van der Waals surface area contributed by atoms with Crippen molar-refractivity contribution < 1.29 is 39.2 Å². The summed E-state index contributed by atoms with van der Waals surface area (Å²) in [6.07, 6.45) is 1.24. The van der Waals surface area contributed by atoms with Crippen molar-refractivity contribution in [3.63, 3.8) is 0 Å². The number of carbonyl (C=O) groups excluding carboxylic acids is 3. The average molecular weight is 465 g/mol. The van der Waals surface area contributed by atoms with Gasteiger partial charge in [0.15, 0.2) is 0 Å². The van der Waals surface area contributed by atoms with E-state index in [1.165, 1.54) is 20.8 Å². The fourth-order valence-corrected chi connectivity index (χ4v) is 8.04. The fraction of sp³-hybridized carbons (Fsp3) is 0.800. The molecule has 8 heteroatoms. The molecule has 4 aliphatic rings. The van der Waals surface area contributed by atoms with E-state index in [9.17, 15) is 29.7 Å². The van der Waals surface area contributed by atoms with E-state index in [1.54, 1.807) is 6.92 Å². The summed E-state index contributed by atoms with van der Waals surface area (Å²) in [4.78, 5) is 37.3. The summed E-state index contributed by atoms with van der Waals surface area (Å²) in [6.45, 7) is 7.58. The monoisotopic (exact) mass is 464 g/mol. The van der Waals surface area contributed by atoms with Crippen LogP contribution in [0.15, 0.2) is 11.6 Å². The van der Waals surface area contributed by atoms with Crippen molar-refractivity contribution in [1.82, 2.24) is 0 Å². The van der Waals surface area contributed by atoms with Gasteiger partial charge in [0.1, 0.15) is 29.2 Å². The molecule has 3 N–H and O–H groups in total. The van der Waals surface area contributed by atoms with Gasteiger partial charge in [-0.25, -0.2) is 0 Å². The molecule has 184 valence electrons. The summed E-state index contributed by atoms with van der Waals surface area (Å²) in [5.74, 6) is -2.85. The molecular weight excluding hydrogens is 428 g/mol. The van der Waals surface area contributed by atoms with Crippen molar-refractivity contribution in [1.29, 1.82) is 0 Å². The molecule has 4 aliphatic carbocycles. The minimum Gasteiger partial charge on any atom is -0.458 e. The predicted octanol–water partition coefficient (Wildman–Crippen LogP) is 1.83. The zero-order chi connectivity index (χ0) is 24.6. The summed E-state index contributed by atoms with van der Waals surface area (Å²) in [5.41, 5.74) is -4.58. The van der Waals surface area contributed by atoms with E-state index >= 15 is 0 Å². The van der Waals surface area contributed by atoms with Gasteiger partial charge < -0.3 is 24.8 Å². The molecule has 0 aromatic carbocycles. The Bertz CT molecular complexity index is 912. The number of carbonyl (C=O) groups is 3. The maximum atomic E-state index is 12.7. The van der Waals surface area contributed by atoms with E-state index in [4.69, 9.17) is 9.47 Å². The summed E-state index contributed by atoms with van der Waals surface area (Å²) in [6, 6.07) is 0. The van der Waals surface area contributed by atoms with Crippen molar-refractivity contribution >= 4 is 17.7 Å². The molecule has 9 atom stereocenters. The molecule has 0 aliphatic heterocycles. The van der Waals surface area contributed by atoms with Gasteiger partial charge in [-0.05, 0) is 50.9 Å². The molecule has 33 heavy (non-hydrogen) atoms. The van der Waals surface area contributed by atoms with Crippen LogP contribution in [0.3, 0.4) is 0 Å². The van der Waals surface area contributed by atoms with Gasteiger partial charge in [0, 0.05) is 31.1 Å². The summed E-state index contributed by atoms with van der Waals surface area (Å²) in [7, 11) is 0. The normalized spacial score (nSPS) is 48.6. The van der Waals surface area contributed by atoms with E-state index in [2.05, 4.69) is 0 Å². The molecule has 4 rings (SSSR count). The van der Waals surface area contributed by atoms with Crippen molar-refractivity contribution in [3.8, 4) is 0 Å². The summed E-state index contributed by atoms with van der Waals surface area (Å²) < 4.78 is 11.6. The molecule has 3 saturated carbocycles. The number of hydrogen-bond acceptors (Lipinski definition) is 8. The van der Waals surface area contributed by atoms with Crippen LogP contribution >= 0.6 is 0 Å². The third kappa shape index (κ3) is 3.09. The first-order chi connectivity index (χ1) is 15.2. The quantitative estimate of drug-likeness (QED) is 0.426. The van der Waals surface area contributed by atoms with Crippen molar-refractivity contribution in [2.24, 2.45) is 22.7 Å². The topological polar surface area (TPSA) is 130 Å². The van der Waals surface area contributed by atoms with Gasteiger partial charge in [0.25, 0.3) is 0 Å². The van der Waals surface area contributed by atoms with E-state index in [0.29, 0.717) is 25.7 Å². The van der Waals surface area contributed by atoms with Gasteiger partial charge in [-0.1, -0.05) is 25.5 Å². The molecule has 8 nitrogen and oxygen atoms in total. The molecule has 0 aromatic rings. The van der Waals surface area contributed by atoms with Gasteiger partial charge in [-0.2, -0.15) is 0 Å². The Kier molecular flexibility index (Phi) is 5.62. The Morgan fingerprint density at radius 2 is 1.64 bits per heavy atom. The highest BCUT2D eigenvalue weighted by Crippen LogP contribution is 2.70. The van der Waals surface area contributed by atoms with Crippen molar-refractivity contribution in [2.45, 2.75) is 103 Å². The second kappa shape index (κ2) is 7.62. The third-order valence-corrected chi connectivity index (χ3v) is 9.48. The van der Waals surface area contributed by atoms with Crippen LogP contribution in [0.25, 0.3) is 0 Å². The Morgan fingerprint density at radius 1 is 1.00 bits per heavy atom. The molecule has 0 aromatic heterocycles. The highest BCUT2D eigenvalue weighted by Gasteiger charge is 2.80. The number of aliphatic hydroxyl groups excluding tert-OH is 1. The van der Waals surface area contributed by atoms with Crippen LogP contribution < -0.4 is 0 Å². The first-order valence-electron chi connectivity index (χ1n) is 11.9. The number of hydrogen-bond donors (Lipinski definition) is 3. The number of Topliss-reactive ketones (excluding diaryl/α,β-unsaturated/α-hetero) is 1. The molecule has 0 radical (unpaired) electrons. The number of rotatable bonds is 3. The van der Waals surface area contributed by atoms with Gasteiger partial charge in [-0.15, -0.1) is 0 Å². The van der Waals surface area contributed by atoms with E-state index in [0.717, 1.165) is 5.57 Å². The first-order valence-corrected chi connectivity index (χ1v) is 11.9. The molecule has 0 spiro atoms. The van der Waals surface area contributed by atoms with Crippen molar-refractivity contribution in [3.05, 3.63) is 11.6 Å². The Morgan fingerprint density at radius 3 is 2.21 bits per heavy atom. The lowest BCUT2D eigenvalue weighted by molar-refractivity contribution is -0.329. The number of fused-ring (bicyclic) bond motifs is 5. The summed E-state index contributed by atoms with van der Waals surface area (Å²) >= 11 is 0. The van der Waals surface area contributed by atoms with Crippen LogP contribution in [0.1, 0.15) is 73.1 Å². The van der Waals surface area contributed by atoms with Gasteiger partial charge in [0.05, 0.1) is 6.10 Å². The van der Waals surface area contributed by atoms with E-state index in [-0.39, 0.29) is 18.6 Å². The zero-order valence-electron chi connectivity index (χ0n) is 20.1. The molecule has 0 bridgehead atoms. The smallest absolute Gasteiger partial charge is 0.303 e. The lowest BCUT2D eigenvalue weighted by Gasteiger charge is -2.68. The van der Waals surface area contributed by atoms with Crippen molar-refractivity contribution in [2.75, 3.05) is 0 Å². The van der Waals surface area contributed by atoms with Crippen LogP contribution in [-0.4, -0.2) is 62.6 Å². The fourth-order valence-electron chi connectivity index (χ4n) is 8.04. The molecular formula is C25H36O8. The number of aliphatic hydroxyl groups is 3. The number of ether oxygens (including phenoxy) is 2. The van der Waals surface area contributed by atoms with Gasteiger partial charge in [0.2, 0.25) is 0 Å². The minimum atomic E-state index is -1.75. The summed E-state index contributed by atoms with van der Waals surface area (Å²) in [5, 5.41) is 35.0. The maximum Gasteiger partial charge on any atom is 0.303 e. The molecule has 0 saturated heterocycles. The van der Waals surface area contributed by atoms with Crippen LogP contribution in [0.5, 0.6) is 0 Å². The second-order valence-corrected chi connectivity index (χ2v) is 11.1. The largest absolute Gasteiger partial charge is 0.458 e. The number of ketones is 1. The predicted molar refractivity (Wildman–Crippen MR) is 117 cm³/mol. The Labute approximate surface area is 194 Å². The SMILES string of the molecule is CC(=O)OC1C2C3(C)CCC(O)CC3=CCC2(O)C2(O)CCC(C(C)=O)C2(C)C1OC(C)=O. The van der Waals surface area contributed by atoms with Crippen LogP contribution in [-0.2, 0) is 23.9 Å². The van der Waals surface area contributed by atoms with Crippen LogP contribution in [0, 0.1) is 22.7 Å². The standard InChI is InChI=1S/C25H36O8/c1-13(26)18-8-11-25(31)23(18,5)21(33-15(3)28)19(32-14(2)27)20-22(4)9-7-17(29)12-16(22)6-10-24(20,25)30/h6,17-21,29-31H,7-12H2,1-5H3. The molecule has 0 amide bonds. The highest BCUT2D eigenvalue weighted by atomic mass is 16.6. The Balaban J connectivity index is 1.99. The zero-order valence-corrected chi connectivity index (χ0v) is 20.1. The van der Waals surface area contributed by atoms with E-state index in [1.807, 2.05) is 13.0 Å². The Hall–Kier alpha value is -1.77.